The normalized spacial score (nSPS) is 11.3. The zero-order valence-electron chi connectivity index (χ0n) is 20.5. The van der Waals surface area contributed by atoms with E-state index >= 15 is 0 Å². The van der Waals surface area contributed by atoms with E-state index in [1.165, 1.54) is 17.6 Å². The van der Waals surface area contributed by atoms with Crippen LogP contribution in [0.15, 0.2) is 77.6 Å². The van der Waals surface area contributed by atoms with Gasteiger partial charge in [-0.2, -0.15) is 18.4 Å². The number of ketones is 1. The smallest absolute Gasteiger partial charge is 0.303 e. The molecule has 3 aromatic carbocycles. The molecule has 0 saturated heterocycles. The molecular formula is C30H23F3N2O2. The van der Waals surface area contributed by atoms with Crippen LogP contribution in [0.25, 0.3) is 22.4 Å². The van der Waals surface area contributed by atoms with Crippen molar-refractivity contribution >= 4 is 5.78 Å². The Morgan fingerprint density at radius 2 is 1.59 bits per heavy atom. The number of pyridine rings is 1. The van der Waals surface area contributed by atoms with Gasteiger partial charge in [-0.05, 0) is 60.7 Å². The van der Waals surface area contributed by atoms with Gasteiger partial charge in [-0.1, -0.05) is 66.2 Å². The van der Waals surface area contributed by atoms with Gasteiger partial charge in [-0.25, -0.2) is 0 Å². The Balaban J connectivity index is 1.94. The second-order valence-corrected chi connectivity index (χ2v) is 8.96. The highest BCUT2D eigenvalue weighted by atomic mass is 19.4. The Kier molecular flexibility index (Phi) is 6.86. The molecule has 0 aliphatic carbocycles. The molecule has 0 aliphatic rings. The first-order valence-corrected chi connectivity index (χ1v) is 11.5. The summed E-state index contributed by atoms with van der Waals surface area (Å²) >= 11 is 0. The van der Waals surface area contributed by atoms with Gasteiger partial charge in [0.25, 0.3) is 5.56 Å². The fourth-order valence-corrected chi connectivity index (χ4v) is 4.32. The highest BCUT2D eigenvalue weighted by molar-refractivity contribution is 5.94. The fraction of sp³-hybridized carbons (Fsp3) is 0.167. The van der Waals surface area contributed by atoms with Crippen molar-refractivity contribution in [3.8, 4) is 28.5 Å². The number of aromatic nitrogens is 1. The molecule has 0 fully saturated rings. The highest BCUT2D eigenvalue weighted by Crippen LogP contribution is 2.35. The number of aryl methyl sites for hydroxylation is 2. The van der Waals surface area contributed by atoms with Crippen molar-refractivity contribution < 1.29 is 18.0 Å². The van der Waals surface area contributed by atoms with Gasteiger partial charge in [0, 0.05) is 5.56 Å². The Labute approximate surface area is 212 Å². The summed E-state index contributed by atoms with van der Waals surface area (Å²) in [5.41, 5.74) is 1.93. The predicted octanol–water partition coefficient (Wildman–Crippen LogP) is 6.94. The van der Waals surface area contributed by atoms with Crippen molar-refractivity contribution in [3.63, 3.8) is 0 Å². The molecule has 0 spiro atoms. The molecule has 0 amide bonds. The summed E-state index contributed by atoms with van der Waals surface area (Å²) in [5, 5.41) is 9.47. The van der Waals surface area contributed by atoms with Crippen LogP contribution in [0, 0.1) is 25.2 Å². The summed E-state index contributed by atoms with van der Waals surface area (Å²) in [6.45, 7) is 5.26. The van der Waals surface area contributed by atoms with Gasteiger partial charge < -0.3 is 4.57 Å². The molecule has 7 heteroatoms. The minimum atomic E-state index is -4.88. The number of nitrogens with zero attached hydrogens (tertiary/aromatic N) is 2. The number of carbonyl (C=O) groups is 1. The topological polar surface area (TPSA) is 62.9 Å². The molecule has 0 atom stereocenters. The maximum absolute atomic E-state index is 13.9. The van der Waals surface area contributed by atoms with E-state index in [4.69, 9.17) is 0 Å². The second kappa shape index (κ2) is 9.90. The summed E-state index contributed by atoms with van der Waals surface area (Å²) in [6, 6.07) is 21.7. The molecule has 0 unspecified atom stereocenters. The van der Waals surface area contributed by atoms with Gasteiger partial charge in [-0.3, -0.25) is 9.59 Å². The molecule has 0 aliphatic heterocycles. The summed E-state index contributed by atoms with van der Waals surface area (Å²) in [4.78, 5) is 24.9. The minimum Gasteiger partial charge on any atom is -0.303 e. The number of benzene rings is 3. The predicted molar refractivity (Wildman–Crippen MR) is 136 cm³/mol. The standard InChI is InChI=1S/C30H23F3N2O2/c1-18-7-8-25(19(2)13-18)17-35-28(15-27(30(31,32)33)26(16-34)29(35)37)24-6-4-5-23(14-24)22-11-9-21(10-12-22)20(3)36/h4-15H,17H2,1-3H3. The summed E-state index contributed by atoms with van der Waals surface area (Å²) in [7, 11) is 0. The average Bonchev–Trinajstić information content (AvgIpc) is 2.85. The largest absolute Gasteiger partial charge is 0.417 e. The van der Waals surface area contributed by atoms with Crippen LogP contribution in [0.3, 0.4) is 0 Å². The van der Waals surface area contributed by atoms with Crippen LogP contribution in [0.5, 0.6) is 0 Å². The summed E-state index contributed by atoms with van der Waals surface area (Å²) in [6.07, 6.45) is -4.88. The van der Waals surface area contributed by atoms with E-state index in [2.05, 4.69) is 0 Å². The SMILES string of the molecule is CC(=O)c1ccc(-c2cccc(-c3cc(C(F)(F)F)c(C#N)c(=O)n3Cc3ccc(C)cc3C)c2)cc1. The number of hydrogen-bond acceptors (Lipinski definition) is 3. The van der Waals surface area contributed by atoms with Gasteiger partial charge in [0.15, 0.2) is 5.78 Å². The Morgan fingerprint density at radius 1 is 0.919 bits per heavy atom. The summed E-state index contributed by atoms with van der Waals surface area (Å²) < 4.78 is 42.9. The van der Waals surface area contributed by atoms with E-state index < -0.39 is 22.9 Å². The quantitative estimate of drug-likeness (QED) is 0.279. The van der Waals surface area contributed by atoms with Gasteiger partial charge in [0.1, 0.15) is 11.6 Å². The number of alkyl halides is 3. The third-order valence-electron chi connectivity index (χ3n) is 6.33. The third-order valence-corrected chi connectivity index (χ3v) is 6.33. The minimum absolute atomic E-state index is 0.00460. The molecule has 4 rings (SSSR count). The number of halogens is 3. The van der Waals surface area contributed by atoms with Crippen LogP contribution in [-0.2, 0) is 12.7 Å². The maximum Gasteiger partial charge on any atom is 0.417 e. The molecule has 0 saturated carbocycles. The fourth-order valence-electron chi connectivity index (χ4n) is 4.32. The van der Waals surface area contributed by atoms with Crippen LogP contribution in [-0.4, -0.2) is 10.4 Å². The first-order chi connectivity index (χ1) is 17.5. The van der Waals surface area contributed by atoms with Crippen molar-refractivity contribution in [3.05, 3.63) is 117 Å². The molecular weight excluding hydrogens is 477 g/mol. The number of carbonyl (C=O) groups excluding carboxylic acids is 1. The molecule has 4 nitrogen and oxygen atoms in total. The molecule has 0 bridgehead atoms. The first-order valence-electron chi connectivity index (χ1n) is 11.5. The monoisotopic (exact) mass is 500 g/mol. The van der Waals surface area contributed by atoms with E-state index in [0.29, 0.717) is 16.7 Å². The van der Waals surface area contributed by atoms with Crippen molar-refractivity contribution in [2.24, 2.45) is 0 Å². The number of nitriles is 1. The Bertz CT molecular complexity index is 1610. The zero-order chi connectivity index (χ0) is 26.9. The lowest BCUT2D eigenvalue weighted by atomic mass is 9.98. The summed E-state index contributed by atoms with van der Waals surface area (Å²) in [5.74, 6) is -0.0759. The third kappa shape index (κ3) is 5.24. The van der Waals surface area contributed by atoms with Crippen LogP contribution in [0.2, 0.25) is 0 Å². The van der Waals surface area contributed by atoms with Gasteiger partial charge in [0.2, 0.25) is 0 Å². The van der Waals surface area contributed by atoms with E-state index in [9.17, 15) is 28.0 Å². The zero-order valence-corrected chi connectivity index (χ0v) is 20.5. The first kappa shape index (κ1) is 25.6. The van der Waals surface area contributed by atoms with E-state index in [1.807, 2.05) is 32.0 Å². The molecule has 0 radical (unpaired) electrons. The van der Waals surface area contributed by atoms with Crippen molar-refractivity contribution in [1.29, 1.82) is 5.26 Å². The van der Waals surface area contributed by atoms with E-state index in [1.54, 1.807) is 48.5 Å². The molecule has 1 heterocycles. The highest BCUT2D eigenvalue weighted by Gasteiger charge is 2.36. The molecule has 4 aromatic rings. The van der Waals surface area contributed by atoms with Gasteiger partial charge >= 0.3 is 6.18 Å². The Morgan fingerprint density at radius 3 is 2.19 bits per heavy atom. The molecule has 0 N–H and O–H groups in total. The van der Waals surface area contributed by atoms with Crippen molar-refractivity contribution in [2.45, 2.75) is 33.5 Å². The lowest BCUT2D eigenvalue weighted by Gasteiger charge is -2.19. The lowest BCUT2D eigenvalue weighted by Crippen LogP contribution is -2.29. The van der Waals surface area contributed by atoms with Crippen molar-refractivity contribution in [1.82, 2.24) is 4.57 Å². The average molecular weight is 501 g/mol. The molecule has 186 valence electrons. The number of Topliss-reactive ketones (excluding diaryl/α,β-unsaturated/α-hetero) is 1. The van der Waals surface area contributed by atoms with Gasteiger partial charge in [-0.15, -0.1) is 0 Å². The van der Waals surface area contributed by atoms with E-state index in [0.717, 1.165) is 28.3 Å². The second-order valence-electron chi connectivity index (χ2n) is 8.96. The van der Waals surface area contributed by atoms with Crippen LogP contribution in [0.4, 0.5) is 13.2 Å². The molecule has 37 heavy (non-hydrogen) atoms. The van der Waals surface area contributed by atoms with Crippen LogP contribution < -0.4 is 5.56 Å². The maximum atomic E-state index is 13.9. The number of hydrogen-bond donors (Lipinski definition) is 0. The Hall–Kier alpha value is -4.44. The van der Waals surface area contributed by atoms with Crippen LogP contribution >= 0.6 is 0 Å². The van der Waals surface area contributed by atoms with Crippen molar-refractivity contribution in [2.75, 3.05) is 0 Å². The van der Waals surface area contributed by atoms with E-state index in [-0.39, 0.29) is 18.0 Å². The van der Waals surface area contributed by atoms with Gasteiger partial charge in [0.05, 0.1) is 17.8 Å². The van der Waals surface area contributed by atoms with Crippen LogP contribution in [0.1, 0.15) is 45.1 Å². The lowest BCUT2D eigenvalue weighted by molar-refractivity contribution is -0.137. The number of rotatable bonds is 5. The molecule has 1 aromatic heterocycles.